The summed E-state index contributed by atoms with van der Waals surface area (Å²) in [5.41, 5.74) is 3.94. The van der Waals surface area contributed by atoms with E-state index in [4.69, 9.17) is 4.74 Å². The molecule has 2 bridgehead atoms. The van der Waals surface area contributed by atoms with Gasteiger partial charge in [0.25, 0.3) is 0 Å². The van der Waals surface area contributed by atoms with E-state index in [2.05, 4.69) is 20.5 Å². The molecule has 2 unspecified atom stereocenters. The number of halogens is 1. The lowest BCUT2D eigenvalue weighted by Gasteiger charge is -2.42. The van der Waals surface area contributed by atoms with E-state index < -0.39 is 12.3 Å². The number of aromatic hydroxyl groups is 1. The number of hydrogen-bond donors (Lipinski definition) is 2. The van der Waals surface area contributed by atoms with E-state index in [-0.39, 0.29) is 11.8 Å². The SMILES string of the molecule is Oc1cc(-c2ccc3cncn3c2)ccc1-c1ccc(O[C@H]2CC3CCCC(N3)[C@H]2F)nn1. The van der Waals surface area contributed by atoms with Crippen LogP contribution in [0, 0.1) is 0 Å². The monoisotopic (exact) mass is 445 g/mol. The maximum absolute atomic E-state index is 14.8. The Morgan fingerprint density at radius 3 is 2.82 bits per heavy atom. The third-order valence-corrected chi connectivity index (χ3v) is 6.70. The summed E-state index contributed by atoms with van der Waals surface area (Å²) in [5.74, 6) is 0.410. The van der Waals surface area contributed by atoms with Gasteiger partial charge in [-0.15, -0.1) is 10.2 Å². The van der Waals surface area contributed by atoms with Gasteiger partial charge in [-0.25, -0.2) is 9.37 Å². The summed E-state index contributed by atoms with van der Waals surface area (Å²) in [4.78, 5) is 4.13. The van der Waals surface area contributed by atoms with Crippen LogP contribution in [0.2, 0.25) is 0 Å². The van der Waals surface area contributed by atoms with Gasteiger partial charge in [-0.3, -0.25) is 0 Å². The first kappa shape index (κ1) is 20.1. The van der Waals surface area contributed by atoms with Crippen LogP contribution < -0.4 is 10.1 Å². The summed E-state index contributed by atoms with van der Waals surface area (Å²) in [5, 5.41) is 22.4. The van der Waals surface area contributed by atoms with Crippen LogP contribution in [0.5, 0.6) is 11.6 Å². The number of fused-ring (bicyclic) bond motifs is 3. The molecule has 0 radical (unpaired) electrons. The highest BCUT2D eigenvalue weighted by Gasteiger charge is 2.41. The van der Waals surface area contributed by atoms with Crippen LogP contribution in [0.15, 0.2) is 61.2 Å². The smallest absolute Gasteiger partial charge is 0.233 e. The van der Waals surface area contributed by atoms with E-state index >= 15 is 0 Å². The number of phenols is 1. The highest BCUT2D eigenvalue weighted by molar-refractivity contribution is 5.74. The number of rotatable bonds is 4. The fourth-order valence-corrected chi connectivity index (χ4v) is 4.97. The number of hydrogen-bond acceptors (Lipinski definition) is 6. The van der Waals surface area contributed by atoms with Crippen LogP contribution in [0.3, 0.4) is 0 Å². The zero-order valence-corrected chi connectivity index (χ0v) is 17.9. The van der Waals surface area contributed by atoms with Crippen molar-refractivity contribution < 1.29 is 14.2 Å². The van der Waals surface area contributed by atoms with E-state index in [0.29, 0.717) is 29.6 Å². The Morgan fingerprint density at radius 2 is 1.97 bits per heavy atom. The zero-order chi connectivity index (χ0) is 22.4. The third kappa shape index (κ3) is 3.80. The summed E-state index contributed by atoms with van der Waals surface area (Å²) < 4.78 is 22.6. The Hall–Kier alpha value is -3.52. The number of nitrogens with one attached hydrogen (secondary N) is 1. The van der Waals surface area contributed by atoms with Crippen molar-refractivity contribution in [3.8, 4) is 34.0 Å². The number of imidazole rings is 1. The average Bonchev–Trinajstić information content (AvgIpc) is 3.31. The molecule has 7 nitrogen and oxygen atoms in total. The quantitative estimate of drug-likeness (QED) is 0.491. The van der Waals surface area contributed by atoms with E-state index in [1.165, 1.54) is 0 Å². The average molecular weight is 445 g/mol. The lowest BCUT2D eigenvalue weighted by molar-refractivity contribution is 0.00652. The third-order valence-electron chi connectivity index (χ3n) is 6.70. The van der Waals surface area contributed by atoms with Gasteiger partial charge in [0.15, 0.2) is 6.17 Å². The maximum atomic E-state index is 14.8. The number of ether oxygens (including phenoxy) is 1. The van der Waals surface area contributed by atoms with Crippen LogP contribution >= 0.6 is 0 Å². The van der Waals surface area contributed by atoms with E-state index in [0.717, 1.165) is 35.9 Å². The summed E-state index contributed by atoms with van der Waals surface area (Å²) >= 11 is 0. The van der Waals surface area contributed by atoms with Crippen LogP contribution in [0.25, 0.3) is 27.9 Å². The first-order chi connectivity index (χ1) is 16.1. The lowest BCUT2D eigenvalue weighted by atomic mass is 9.84. The van der Waals surface area contributed by atoms with Crippen molar-refractivity contribution in [3.63, 3.8) is 0 Å². The Bertz CT molecular complexity index is 1290. The molecule has 2 fully saturated rings. The van der Waals surface area contributed by atoms with Crippen molar-refractivity contribution in [1.29, 1.82) is 0 Å². The lowest BCUT2D eigenvalue weighted by Crippen LogP contribution is -2.59. The highest BCUT2D eigenvalue weighted by atomic mass is 19.1. The minimum Gasteiger partial charge on any atom is -0.507 e. The van der Waals surface area contributed by atoms with Crippen molar-refractivity contribution >= 4 is 5.52 Å². The van der Waals surface area contributed by atoms with Gasteiger partial charge in [0.2, 0.25) is 5.88 Å². The van der Waals surface area contributed by atoms with Gasteiger partial charge < -0.3 is 19.6 Å². The predicted octanol–water partition coefficient (Wildman–Crippen LogP) is 4.16. The number of nitrogens with zero attached hydrogens (tertiary/aromatic N) is 4. The molecule has 2 saturated heterocycles. The molecule has 2 aliphatic heterocycles. The standard InChI is InChI=1S/C25H24FN5O2/c26-25-21-3-1-2-17(28-21)11-23(25)33-24-9-8-20(29-30-24)19-7-5-15(10-22(19)32)16-4-6-18-12-27-14-31(18)13-16/h4-10,12-14,17,21,23,25,28,32H,1-3,11H2/t17?,21?,23-,25+/m0/s1. The Kier molecular flexibility index (Phi) is 4.95. The molecule has 0 spiro atoms. The number of aromatic nitrogens is 4. The molecule has 0 saturated carbocycles. The van der Waals surface area contributed by atoms with E-state index in [1.807, 2.05) is 34.9 Å². The maximum Gasteiger partial charge on any atom is 0.233 e. The number of phenolic OH excluding ortho intramolecular Hbond substituents is 1. The van der Waals surface area contributed by atoms with Crippen molar-refractivity contribution in [2.24, 2.45) is 0 Å². The Morgan fingerprint density at radius 1 is 1.06 bits per heavy atom. The molecule has 0 aliphatic carbocycles. The van der Waals surface area contributed by atoms with Crippen LogP contribution in [0.4, 0.5) is 4.39 Å². The first-order valence-corrected chi connectivity index (χ1v) is 11.3. The van der Waals surface area contributed by atoms with Crippen LogP contribution in [0.1, 0.15) is 25.7 Å². The Labute approximate surface area is 190 Å². The molecule has 4 aromatic rings. The molecule has 2 N–H and O–H groups in total. The number of piperidine rings is 2. The van der Waals surface area contributed by atoms with Gasteiger partial charge in [-0.2, -0.15) is 0 Å². The molecule has 8 heteroatoms. The molecule has 5 heterocycles. The second-order valence-electron chi connectivity index (χ2n) is 8.87. The van der Waals surface area contributed by atoms with Crippen LogP contribution in [-0.2, 0) is 0 Å². The molecular formula is C25H24FN5O2. The second kappa shape index (κ2) is 8.12. The number of alkyl halides is 1. The minimum absolute atomic E-state index is 0.108. The van der Waals surface area contributed by atoms with Gasteiger partial charge in [0, 0.05) is 36.3 Å². The molecule has 33 heavy (non-hydrogen) atoms. The minimum atomic E-state index is -1.05. The van der Waals surface area contributed by atoms with Crippen molar-refractivity contribution in [2.45, 2.75) is 50.0 Å². The van der Waals surface area contributed by atoms with E-state index in [1.54, 1.807) is 30.7 Å². The number of pyridine rings is 1. The summed E-state index contributed by atoms with van der Waals surface area (Å²) in [6, 6.07) is 13.0. The largest absolute Gasteiger partial charge is 0.507 e. The second-order valence-corrected chi connectivity index (χ2v) is 8.87. The first-order valence-electron chi connectivity index (χ1n) is 11.3. The normalized spacial score (nSPS) is 24.6. The van der Waals surface area contributed by atoms with Gasteiger partial charge in [-0.05, 0) is 48.2 Å². The fraction of sp³-hybridized carbons (Fsp3) is 0.320. The zero-order valence-electron chi connectivity index (χ0n) is 17.9. The number of benzene rings is 1. The molecular weight excluding hydrogens is 421 g/mol. The van der Waals surface area contributed by atoms with Crippen LogP contribution in [-0.4, -0.2) is 49.0 Å². The summed E-state index contributed by atoms with van der Waals surface area (Å²) in [7, 11) is 0. The molecule has 3 aromatic heterocycles. The molecule has 2 aliphatic rings. The predicted molar refractivity (Wildman–Crippen MR) is 122 cm³/mol. The molecule has 1 aromatic carbocycles. The molecule has 0 amide bonds. The van der Waals surface area contributed by atoms with Crippen molar-refractivity contribution in [1.82, 2.24) is 24.9 Å². The highest BCUT2D eigenvalue weighted by Crippen LogP contribution is 2.34. The van der Waals surface area contributed by atoms with E-state index in [9.17, 15) is 9.50 Å². The Balaban J connectivity index is 1.20. The summed E-state index contributed by atoms with van der Waals surface area (Å²) in [6.45, 7) is 0. The molecule has 168 valence electrons. The van der Waals surface area contributed by atoms with Gasteiger partial charge in [0.05, 0.1) is 23.7 Å². The fourth-order valence-electron chi connectivity index (χ4n) is 4.97. The van der Waals surface area contributed by atoms with Gasteiger partial charge in [0.1, 0.15) is 11.9 Å². The topological polar surface area (TPSA) is 84.6 Å². The molecule has 4 atom stereocenters. The molecule has 6 rings (SSSR count). The summed E-state index contributed by atoms with van der Waals surface area (Å²) in [6.07, 6.45) is 7.53. The van der Waals surface area contributed by atoms with Crippen molar-refractivity contribution in [2.75, 3.05) is 0 Å². The van der Waals surface area contributed by atoms with Gasteiger partial charge in [-0.1, -0.05) is 18.6 Å². The van der Waals surface area contributed by atoms with Crippen molar-refractivity contribution in [3.05, 3.63) is 61.2 Å². The van der Waals surface area contributed by atoms with Gasteiger partial charge >= 0.3 is 0 Å².